The second-order valence-corrected chi connectivity index (χ2v) is 10.1. The Balaban J connectivity index is 4.25. The van der Waals surface area contributed by atoms with Crippen LogP contribution in [-0.2, 0) is 19.1 Å². The summed E-state index contributed by atoms with van der Waals surface area (Å²) in [4.78, 5) is 34.8. The van der Waals surface area contributed by atoms with Gasteiger partial charge in [0, 0.05) is 33.7 Å². The Morgan fingerprint density at radius 1 is 0.697 bits per heavy atom. The zero-order chi connectivity index (χ0) is 24.8. The van der Waals surface area contributed by atoms with Gasteiger partial charge in [0.15, 0.2) is 0 Å². The summed E-state index contributed by atoms with van der Waals surface area (Å²) in [5.41, 5.74) is 0. The maximum Gasteiger partial charge on any atom is 0.320 e. The normalized spacial score (nSPS) is 11.4. The molecule has 0 aromatic carbocycles. The van der Waals surface area contributed by atoms with E-state index in [4.69, 9.17) is 9.47 Å². The van der Waals surface area contributed by atoms with Crippen molar-refractivity contribution >= 4 is 27.9 Å². The van der Waals surface area contributed by atoms with Crippen molar-refractivity contribution in [1.82, 2.24) is 0 Å². The average molecular weight is 537 g/mol. The predicted molar refractivity (Wildman–Crippen MR) is 135 cm³/mol. The first-order valence-electron chi connectivity index (χ1n) is 13.1. The Bertz CT molecular complexity index is 495. The highest BCUT2D eigenvalue weighted by molar-refractivity contribution is 9.10. The van der Waals surface area contributed by atoms with Crippen LogP contribution in [0.25, 0.3) is 0 Å². The minimum atomic E-state index is -1.77. The smallest absolute Gasteiger partial charge is 0.320 e. The summed E-state index contributed by atoms with van der Waals surface area (Å²) in [6.07, 6.45) is 17.8. The minimum Gasteiger partial charge on any atom is -0.412 e. The van der Waals surface area contributed by atoms with Gasteiger partial charge < -0.3 is 9.47 Å². The molecule has 0 aliphatic rings. The van der Waals surface area contributed by atoms with Crippen molar-refractivity contribution < 1.29 is 24.0 Å². The number of rotatable bonds is 23. The Hall–Kier alpha value is -1.18. The van der Waals surface area contributed by atoms with Crippen molar-refractivity contribution in [3.8, 4) is 0 Å². The third-order valence-electron chi connectivity index (χ3n) is 5.59. The number of hydrogen-bond donors (Lipinski definition) is 0. The monoisotopic (exact) mass is 535 g/mol. The van der Waals surface area contributed by atoms with E-state index < -0.39 is 28.1 Å². The standard InChI is InChI=1S/C25H46BrNO6/c1-3-5-7-9-11-13-15-17-19-23(28)32-25(26,21-22-27(30)31)33-24(29)20-18-16-14-12-10-8-6-4-2/h3-22H2,1-2H3. The summed E-state index contributed by atoms with van der Waals surface area (Å²) < 4.78 is 8.89. The molecule has 0 N–H and O–H groups in total. The van der Waals surface area contributed by atoms with E-state index in [2.05, 4.69) is 29.8 Å². The van der Waals surface area contributed by atoms with E-state index in [9.17, 15) is 19.7 Å². The first-order valence-corrected chi connectivity index (χ1v) is 13.9. The Kier molecular flexibility index (Phi) is 20.6. The van der Waals surface area contributed by atoms with Gasteiger partial charge in [0.1, 0.15) is 6.42 Å². The van der Waals surface area contributed by atoms with Crippen LogP contribution in [0.3, 0.4) is 0 Å². The molecule has 0 aliphatic heterocycles. The first kappa shape index (κ1) is 31.8. The highest BCUT2D eigenvalue weighted by atomic mass is 79.9. The van der Waals surface area contributed by atoms with Gasteiger partial charge in [-0.3, -0.25) is 19.7 Å². The second kappa shape index (κ2) is 21.4. The zero-order valence-electron chi connectivity index (χ0n) is 20.9. The quantitative estimate of drug-likeness (QED) is 0.0330. The topological polar surface area (TPSA) is 95.7 Å². The molecule has 0 saturated carbocycles. The van der Waals surface area contributed by atoms with E-state index in [0.29, 0.717) is 12.8 Å². The lowest BCUT2D eigenvalue weighted by Crippen LogP contribution is -2.36. The van der Waals surface area contributed by atoms with Crippen molar-refractivity contribution in [2.45, 2.75) is 141 Å². The van der Waals surface area contributed by atoms with E-state index >= 15 is 0 Å². The summed E-state index contributed by atoms with van der Waals surface area (Å²) in [7, 11) is 0. The van der Waals surface area contributed by atoms with Crippen LogP contribution in [0.5, 0.6) is 0 Å². The summed E-state index contributed by atoms with van der Waals surface area (Å²) in [5.74, 6) is -1.03. The van der Waals surface area contributed by atoms with Gasteiger partial charge in [-0.1, -0.05) is 104 Å². The van der Waals surface area contributed by atoms with Crippen molar-refractivity contribution in [1.29, 1.82) is 0 Å². The molecule has 0 aliphatic carbocycles. The van der Waals surface area contributed by atoms with Crippen LogP contribution in [0.2, 0.25) is 0 Å². The van der Waals surface area contributed by atoms with E-state index in [1.807, 2.05) is 0 Å². The van der Waals surface area contributed by atoms with Gasteiger partial charge in [0.25, 0.3) is 0 Å². The van der Waals surface area contributed by atoms with Crippen molar-refractivity contribution in [3.05, 3.63) is 10.1 Å². The fourth-order valence-corrected chi connectivity index (χ4v) is 4.13. The van der Waals surface area contributed by atoms with Crippen molar-refractivity contribution in [2.75, 3.05) is 6.54 Å². The largest absolute Gasteiger partial charge is 0.412 e. The molecule has 0 bridgehead atoms. The predicted octanol–water partition coefficient (Wildman–Crippen LogP) is 7.85. The number of carbonyl (C=O) groups excluding carboxylic acids is 2. The molecule has 0 fully saturated rings. The van der Waals surface area contributed by atoms with Gasteiger partial charge in [-0.2, -0.15) is 0 Å². The lowest BCUT2D eigenvalue weighted by Gasteiger charge is -2.26. The number of ether oxygens (including phenoxy) is 2. The minimum absolute atomic E-state index is 0.205. The number of esters is 2. The number of hydrogen-bond acceptors (Lipinski definition) is 6. The number of halogens is 1. The second-order valence-electron chi connectivity index (χ2n) is 8.86. The molecule has 0 amide bonds. The van der Waals surface area contributed by atoms with Crippen LogP contribution >= 0.6 is 15.9 Å². The van der Waals surface area contributed by atoms with Crippen LogP contribution < -0.4 is 0 Å². The third-order valence-corrected chi connectivity index (χ3v) is 6.31. The highest BCUT2D eigenvalue weighted by Gasteiger charge is 2.37. The van der Waals surface area contributed by atoms with Gasteiger partial charge in [-0.25, -0.2) is 0 Å². The Morgan fingerprint density at radius 2 is 1.03 bits per heavy atom. The summed E-state index contributed by atoms with van der Waals surface area (Å²) in [6, 6.07) is 0. The van der Waals surface area contributed by atoms with Gasteiger partial charge in [-0.15, -0.1) is 0 Å². The molecule has 33 heavy (non-hydrogen) atoms. The molecule has 0 heterocycles. The van der Waals surface area contributed by atoms with Gasteiger partial charge in [-0.05, 0) is 12.8 Å². The number of carbonyl (C=O) groups is 2. The van der Waals surface area contributed by atoms with Crippen molar-refractivity contribution in [3.63, 3.8) is 0 Å². The summed E-state index contributed by atoms with van der Waals surface area (Å²) in [5, 5.41) is 10.8. The van der Waals surface area contributed by atoms with Crippen LogP contribution in [0, 0.1) is 10.1 Å². The van der Waals surface area contributed by atoms with Gasteiger partial charge in [0.05, 0.1) is 0 Å². The van der Waals surface area contributed by atoms with Gasteiger partial charge >= 0.3 is 16.6 Å². The molecule has 0 spiro atoms. The fourth-order valence-electron chi connectivity index (χ4n) is 3.60. The summed E-state index contributed by atoms with van der Waals surface area (Å²) in [6.45, 7) is 3.91. The van der Waals surface area contributed by atoms with Crippen LogP contribution in [0.4, 0.5) is 0 Å². The average Bonchev–Trinajstić information content (AvgIpc) is 2.76. The molecular weight excluding hydrogens is 490 g/mol. The Morgan fingerprint density at radius 3 is 1.36 bits per heavy atom. The number of nitro groups is 1. The van der Waals surface area contributed by atoms with E-state index in [0.717, 1.165) is 38.5 Å². The maximum absolute atomic E-state index is 12.3. The molecule has 0 unspecified atom stereocenters. The Labute approximate surface area is 209 Å². The molecule has 7 nitrogen and oxygen atoms in total. The highest BCUT2D eigenvalue weighted by Crippen LogP contribution is 2.28. The molecule has 0 saturated heterocycles. The number of alkyl halides is 1. The lowest BCUT2D eigenvalue weighted by atomic mass is 10.1. The van der Waals surface area contributed by atoms with E-state index in [-0.39, 0.29) is 19.3 Å². The molecule has 8 heteroatoms. The molecule has 0 rings (SSSR count). The molecular formula is C25H46BrNO6. The third kappa shape index (κ3) is 21.1. The van der Waals surface area contributed by atoms with Crippen LogP contribution in [-0.4, -0.2) is 28.1 Å². The van der Waals surface area contributed by atoms with Crippen molar-refractivity contribution in [2.24, 2.45) is 0 Å². The summed E-state index contributed by atoms with van der Waals surface area (Å²) >= 11 is 3.14. The van der Waals surface area contributed by atoms with Gasteiger partial charge in [0.2, 0.25) is 6.54 Å². The van der Waals surface area contributed by atoms with Crippen LogP contribution in [0.15, 0.2) is 0 Å². The number of unbranched alkanes of at least 4 members (excludes halogenated alkanes) is 14. The number of nitrogens with zero attached hydrogens (tertiary/aromatic N) is 1. The van der Waals surface area contributed by atoms with Crippen LogP contribution in [0.1, 0.15) is 136 Å². The zero-order valence-corrected chi connectivity index (χ0v) is 22.5. The first-order chi connectivity index (χ1) is 15.8. The lowest BCUT2D eigenvalue weighted by molar-refractivity contribution is -0.484. The molecule has 0 atom stereocenters. The fraction of sp³-hybridized carbons (Fsp3) is 0.920. The van der Waals surface area contributed by atoms with E-state index in [1.165, 1.54) is 51.4 Å². The molecule has 0 aromatic heterocycles. The molecule has 0 aromatic rings. The molecule has 194 valence electrons. The molecule has 0 radical (unpaired) electrons. The van der Waals surface area contributed by atoms with E-state index in [1.54, 1.807) is 0 Å². The SMILES string of the molecule is CCCCCCCCCCC(=O)OC(Br)(CC[N+](=O)[O-])OC(=O)CCCCCCCCCC. The maximum atomic E-state index is 12.3.